The average molecular weight is 400 g/mol. The molecule has 1 N–H and O–H groups in total. The number of benzene rings is 2. The second-order valence-corrected chi connectivity index (χ2v) is 5.44. The number of carbonyl (C=O) groups excluding carboxylic acids is 2. The maximum atomic E-state index is 14.2. The van der Waals surface area contributed by atoms with Crippen molar-refractivity contribution in [2.75, 3.05) is 12.4 Å². The van der Waals surface area contributed by atoms with Gasteiger partial charge in [0.05, 0.1) is 17.3 Å². The minimum atomic E-state index is -1.13. The molecule has 0 saturated carbocycles. The number of rotatable bonds is 4. The average Bonchev–Trinajstić information content (AvgIpc) is 2.58. The van der Waals surface area contributed by atoms with E-state index in [0.29, 0.717) is 5.56 Å². The molecule has 2 rings (SSSR count). The number of halogens is 3. The van der Waals surface area contributed by atoms with Gasteiger partial charge in [0.25, 0.3) is 0 Å². The third-order valence-corrected chi connectivity index (χ3v) is 3.58. The topological polar surface area (TPSA) is 64.6 Å². The molecule has 2 aromatic rings. The first-order valence-electron chi connectivity index (χ1n) is 6.67. The van der Waals surface area contributed by atoms with Gasteiger partial charge < -0.3 is 9.47 Å². The van der Waals surface area contributed by atoms with Crippen LogP contribution in [0.3, 0.4) is 0 Å². The van der Waals surface area contributed by atoms with Crippen LogP contribution in [0.1, 0.15) is 15.9 Å². The Hall–Kier alpha value is -2.48. The largest absolute Gasteiger partial charge is 0.465 e. The number of hydrogen-bond acceptors (Lipinski definition) is 4. The molecule has 0 saturated heterocycles. The number of amides is 1. The molecule has 0 atom stereocenters. The smallest absolute Gasteiger partial charge is 0.412 e. The molecule has 0 fully saturated rings. The molecule has 0 unspecified atom stereocenters. The molecule has 24 heavy (non-hydrogen) atoms. The summed E-state index contributed by atoms with van der Waals surface area (Å²) in [6.07, 6.45) is -1.04. The molecule has 5 nitrogen and oxygen atoms in total. The molecule has 1 amide bonds. The van der Waals surface area contributed by atoms with Crippen LogP contribution < -0.4 is 5.32 Å². The first kappa shape index (κ1) is 17.9. The zero-order valence-electron chi connectivity index (χ0n) is 12.4. The molecular weight excluding hydrogens is 388 g/mol. The van der Waals surface area contributed by atoms with E-state index >= 15 is 0 Å². The number of ether oxygens (including phenoxy) is 2. The second-order valence-electron chi connectivity index (χ2n) is 4.58. The fourth-order valence-corrected chi connectivity index (χ4v) is 2.27. The van der Waals surface area contributed by atoms with Crippen molar-refractivity contribution < 1.29 is 27.8 Å². The van der Waals surface area contributed by atoms with Gasteiger partial charge in [-0.2, -0.15) is 0 Å². The summed E-state index contributed by atoms with van der Waals surface area (Å²) in [5.74, 6) is -3.20. The van der Waals surface area contributed by atoms with Crippen molar-refractivity contribution in [2.45, 2.75) is 6.61 Å². The molecule has 0 aliphatic carbocycles. The summed E-state index contributed by atoms with van der Waals surface area (Å²) >= 11 is 2.81. The molecule has 2 aromatic carbocycles. The lowest BCUT2D eigenvalue weighted by Gasteiger charge is -2.13. The van der Waals surface area contributed by atoms with Gasteiger partial charge in [0.1, 0.15) is 18.0 Å². The lowest BCUT2D eigenvalue weighted by molar-refractivity contribution is 0.0596. The standard InChI is InChI=1S/C16H12BrF2NO4/c1-23-15(21)12-11(18)7-10(17)13(19)14(12)20-16(22)24-8-9-5-3-2-4-6-9/h2-7H,8H2,1H3,(H,20,22). The van der Waals surface area contributed by atoms with E-state index in [9.17, 15) is 18.4 Å². The summed E-state index contributed by atoms with van der Waals surface area (Å²) in [5.41, 5.74) is -0.677. The van der Waals surface area contributed by atoms with Gasteiger partial charge in [-0.1, -0.05) is 30.3 Å². The van der Waals surface area contributed by atoms with Crippen LogP contribution in [0.2, 0.25) is 0 Å². The molecule has 0 aliphatic rings. The maximum absolute atomic E-state index is 14.2. The van der Waals surface area contributed by atoms with E-state index in [1.165, 1.54) is 0 Å². The Morgan fingerprint density at radius 1 is 1.21 bits per heavy atom. The Labute approximate surface area is 144 Å². The Kier molecular flexibility index (Phi) is 5.86. The minimum Gasteiger partial charge on any atom is -0.465 e. The van der Waals surface area contributed by atoms with Crippen LogP contribution in [-0.4, -0.2) is 19.2 Å². The highest BCUT2D eigenvalue weighted by atomic mass is 79.9. The van der Waals surface area contributed by atoms with Crippen molar-refractivity contribution in [3.63, 3.8) is 0 Å². The fraction of sp³-hybridized carbons (Fsp3) is 0.125. The molecule has 8 heteroatoms. The summed E-state index contributed by atoms with van der Waals surface area (Å²) in [6, 6.07) is 9.54. The third kappa shape index (κ3) is 4.08. The van der Waals surface area contributed by atoms with Gasteiger partial charge in [0.15, 0.2) is 5.82 Å². The van der Waals surface area contributed by atoms with E-state index in [2.05, 4.69) is 20.7 Å². The highest BCUT2D eigenvalue weighted by Crippen LogP contribution is 2.30. The monoisotopic (exact) mass is 399 g/mol. The Balaban J connectivity index is 2.21. The second kappa shape index (κ2) is 7.87. The first-order valence-corrected chi connectivity index (χ1v) is 7.46. The van der Waals surface area contributed by atoms with Gasteiger partial charge in [-0.05, 0) is 27.6 Å². The van der Waals surface area contributed by atoms with Crippen molar-refractivity contribution in [3.05, 3.63) is 63.6 Å². The van der Waals surface area contributed by atoms with Gasteiger partial charge in [-0.3, -0.25) is 5.32 Å². The van der Waals surface area contributed by atoms with Crippen LogP contribution >= 0.6 is 15.9 Å². The van der Waals surface area contributed by atoms with Crippen molar-refractivity contribution in [1.82, 2.24) is 0 Å². The van der Waals surface area contributed by atoms with Crippen LogP contribution in [0, 0.1) is 11.6 Å². The highest BCUT2D eigenvalue weighted by Gasteiger charge is 2.25. The number of nitrogens with one attached hydrogen (secondary N) is 1. The van der Waals surface area contributed by atoms with Crippen LogP contribution in [0.25, 0.3) is 0 Å². The fourth-order valence-electron chi connectivity index (χ4n) is 1.88. The summed E-state index contributed by atoms with van der Waals surface area (Å²) in [4.78, 5) is 23.5. The SMILES string of the molecule is COC(=O)c1c(F)cc(Br)c(F)c1NC(=O)OCc1ccccc1. The van der Waals surface area contributed by atoms with Crippen LogP contribution in [0.15, 0.2) is 40.9 Å². The summed E-state index contributed by atoms with van der Waals surface area (Å²) < 4.78 is 37.2. The number of hydrogen-bond donors (Lipinski definition) is 1. The molecule has 0 bridgehead atoms. The summed E-state index contributed by atoms with van der Waals surface area (Å²) in [7, 11) is 1.01. The molecular formula is C16H12BrF2NO4. The predicted octanol–water partition coefficient (Wildman–Crippen LogP) is 4.26. The molecule has 0 radical (unpaired) electrons. The Bertz CT molecular complexity index is 768. The quantitative estimate of drug-likeness (QED) is 0.615. The van der Waals surface area contributed by atoms with Gasteiger partial charge in [-0.15, -0.1) is 0 Å². The molecule has 0 aliphatic heterocycles. The molecule has 0 aromatic heterocycles. The van der Waals surface area contributed by atoms with Gasteiger partial charge >= 0.3 is 12.1 Å². The summed E-state index contributed by atoms with van der Waals surface area (Å²) in [5, 5.41) is 2.04. The molecule has 126 valence electrons. The van der Waals surface area contributed by atoms with E-state index in [1.807, 2.05) is 5.32 Å². The third-order valence-electron chi connectivity index (χ3n) is 3.00. The van der Waals surface area contributed by atoms with E-state index in [1.54, 1.807) is 30.3 Å². The van der Waals surface area contributed by atoms with Crippen LogP contribution in [-0.2, 0) is 16.1 Å². The van der Waals surface area contributed by atoms with Crippen molar-refractivity contribution in [3.8, 4) is 0 Å². The molecule has 0 heterocycles. The predicted molar refractivity (Wildman–Crippen MR) is 85.6 cm³/mol. The number of esters is 1. The number of methoxy groups -OCH3 is 1. The number of anilines is 1. The molecule has 0 spiro atoms. The lowest BCUT2D eigenvalue weighted by Crippen LogP contribution is -2.19. The Morgan fingerprint density at radius 3 is 2.50 bits per heavy atom. The van der Waals surface area contributed by atoms with E-state index in [4.69, 9.17) is 4.74 Å². The lowest BCUT2D eigenvalue weighted by atomic mass is 10.1. The van der Waals surface area contributed by atoms with Crippen molar-refractivity contribution in [1.29, 1.82) is 0 Å². The number of carbonyl (C=O) groups is 2. The highest BCUT2D eigenvalue weighted by molar-refractivity contribution is 9.10. The normalized spacial score (nSPS) is 10.2. The van der Waals surface area contributed by atoms with Gasteiger partial charge in [-0.25, -0.2) is 18.4 Å². The van der Waals surface area contributed by atoms with Crippen molar-refractivity contribution in [2.24, 2.45) is 0 Å². The first-order chi connectivity index (χ1) is 11.4. The maximum Gasteiger partial charge on any atom is 0.412 e. The van der Waals surface area contributed by atoms with E-state index in [0.717, 1.165) is 13.2 Å². The summed E-state index contributed by atoms with van der Waals surface area (Å²) in [6.45, 7) is -0.0711. The zero-order chi connectivity index (χ0) is 17.7. The van der Waals surface area contributed by atoms with Crippen LogP contribution in [0.5, 0.6) is 0 Å². The van der Waals surface area contributed by atoms with E-state index in [-0.39, 0.29) is 11.1 Å². The van der Waals surface area contributed by atoms with E-state index < -0.39 is 34.9 Å². The minimum absolute atomic E-state index is 0.0711. The van der Waals surface area contributed by atoms with Gasteiger partial charge in [0, 0.05) is 0 Å². The Morgan fingerprint density at radius 2 is 1.88 bits per heavy atom. The van der Waals surface area contributed by atoms with Crippen molar-refractivity contribution >= 4 is 33.7 Å². The van der Waals surface area contributed by atoms with Crippen LogP contribution in [0.4, 0.5) is 19.3 Å². The zero-order valence-corrected chi connectivity index (χ0v) is 14.0. The van der Waals surface area contributed by atoms with Gasteiger partial charge in [0.2, 0.25) is 0 Å².